The Hall–Kier alpha value is -3.63. The van der Waals surface area contributed by atoms with Crippen molar-refractivity contribution in [3.8, 4) is 11.7 Å². The van der Waals surface area contributed by atoms with Crippen LogP contribution in [-0.4, -0.2) is 76.4 Å². The second-order valence-electron chi connectivity index (χ2n) is 14.0. The van der Waals surface area contributed by atoms with Gasteiger partial charge >= 0.3 is 5.97 Å². The summed E-state index contributed by atoms with van der Waals surface area (Å²) >= 11 is 0. The maximum atomic E-state index is 16.2. The quantitative estimate of drug-likeness (QED) is 0.0742. The number of hydrogen-bond acceptors (Lipinski definition) is 11. The number of nitrogens with one attached hydrogen (secondary N) is 1. The van der Waals surface area contributed by atoms with Crippen LogP contribution in [0.4, 0.5) is 15.8 Å². The second kappa shape index (κ2) is 21.6. The Balaban J connectivity index is 0.00000315. The van der Waals surface area contributed by atoms with Crippen molar-refractivity contribution in [1.82, 2.24) is 4.57 Å². The van der Waals surface area contributed by atoms with E-state index in [-0.39, 0.29) is 52.3 Å². The van der Waals surface area contributed by atoms with Crippen LogP contribution in [0.3, 0.4) is 0 Å². The number of rotatable bonds is 18. The molecule has 314 valence electrons. The summed E-state index contributed by atoms with van der Waals surface area (Å²) in [5.41, 5.74) is 0.991. The molecule has 0 bridgehead atoms. The molecule has 58 heavy (non-hydrogen) atoms. The predicted molar refractivity (Wildman–Crippen MR) is 228 cm³/mol. The fourth-order valence-electron chi connectivity index (χ4n) is 7.86. The van der Waals surface area contributed by atoms with Gasteiger partial charge in [-0.25, -0.2) is 14.4 Å². The van der Waals surface area contributed by atoms with Crippen LogP contribution in [-0.2, 0) is 27.6 Å². The Labute approximate surface area is 343 Å². The van der Waals surface area contributed by atoms with Crippen molar-refractivity contribution in [2.24, 2.45) is 5.92 Å². The average Bonchev–Trinajstić information content (AvgIpc) is 3.99. The molecule has 2 atom stereocenters. The SMILES string of the molecule is CC.CCOP(OCC)C(c1ccc(NC(=O)COC(=O)c2cn(C3CC3)c3c(OC)c(N4CC5CCCB(C#N)C5C4)c(F)cc3c2=O)cc1)P(OCC)OCC. The van der Waals surface area contributed by atoms with Crippen molar-refractivity contribution < 1.29 is 41.5 Å². The molecule has 3 heterocycles. The molecule has 0 spiro atoms. The summed E-state index contributed by atoms with van der Waals surface area (Å²) in [4.78, 5) is 42.2. The van der Waals surface area contributed by atoms with Gasteiger partial charge in [-0.1, -0.05) is 38.7 Å². The van der Waals surface area contributed by atoms with Crippen LogP contribution in [0.5, 0.6) is 5.75 Å². The molecule has 13 nitrogen and oxygen atoms in total. The van der Waals surface area contributed by atoms with Gasteiger partial charge in [0.25, 0.3) is 12.6 Å². The van der Waals surface area contributed by atoms with Gasteiger partial charge in [0.15, 0.2) is 34.9 Å². The Kier molecular flexibility index (Phi) is 16.9. The smallest absolute Gasteiger partial charge is 0.344 e. The fraction of sp³-hybridized carbons (Fsp3) is 0.561. The molecule has 6 rings (SSSR count). The fourth-order valence-corrected chi connectivity index (χ4v) is 11.8. The highest BCUT2D eigenvalue weighted by atomic mass is 31.2. The third-order valence-electron chi connectivity index (χ3n) is 10.4. The first-order chi connectivity index (χ1) is 28.2. The number of esters is 1. The third kappa shape index (κ3) is 10.2. The number of ether oxygens (including phenoxy) is 2. The number of amides is 1. The van der Waals surface area contributed by atoms with Gasteiger partial charge < -0.3 is 42.4 Å². The number of fused-ring (bicyclic) bond motifs is 2. The molecule has 3 fully saturated rings. The zero-order valence-electron chi connectivity index (χ0n) is 34.6. The molecule has 2 aliphatic heterocycles. The van der Waals surface area contributed by atoms with E-state index in [1.54, 1.807) is 16.7 Å². The van der Waals surface area contributed by atoms with Crippen molar-refractivity contribution in [3.05, 3.63) is 63.7 Å². The van der Waals surface area contributed by atoms with Crippen LogP contribution in [0.25, 0.3) is 10.9 Å². The second-order valence-corrected chi connectivity index (χ2v) is 17.6. The normalized spacial score (nSPS) is 17.6. The van der Waals surface area contributed by atoms with Crippen LogP contribution in [0.1, 0.15) is 94.6 Å². The molecule has 2 unspecified atom stereocenters. The van der Waals surface area contributed by atoms with Crippen molar-refractivity contribution in [1.29, 1.82) is 5.26 Å². The number of carbonyl (C=O) groups is 2. The summed E-state index contributed by atoms with van der Waals surface area (Å²) in [5.74, 6) is 0.863. The highest BCUT2D eigenvalue weighted by Gasteiger charge is 2.44. The summed E-state index contributed by atoms with van der Waals surface area (Å²) in [6.45, 7) is 13.9. The lowest BCUT2D eigenvalue weighted by molar-refractivity contribution is -0.119. The van der Waals surface area contributed by atoms with E-state index in [9.17, 15) is 19.6 Å². The number of hydrogen-bond donors (Lipinski definition) is 1. The van der Waals surface area contributed by atoms with Gasteiger partial charge in [0.2, 0.25) is 5.43 Å². The lowest BCUT2D eigenvalue weighted by Crippen LogP contribution is -2.29. The standard InChI is InChI=1S/C39H50BFN4O9P2.C2H6/c1-6-51-55(52-7-2)39(56(53-8-3)54-9-4)25-12-14-27(15-13-25)43-33(46)23-50-38(48)30-21-45(28-16-17-28)34-29(36(30)47)19-32(41)35(37(34)49-5)44-20-26-11-10-18-40(24-42)31(26)22-44;1-2/h12-15,19,21,26,28,31,39H,6-11,16-18,20,22-23H2,1-5H3,(H,43,46);1-2H3. The predicted octanol–water partition coefficient (Wildman–Crippen LogP) is 9.23. The lowest BCUT2D eigenvalue weighted by atomic mass is 9.35. The number of nitriles is 1. The van der Waals surface area contributed by atoms with E-state index < -0.39 is 46.5 Å². The number of nitrogens with zero attached hydrogens (tertiary/aromatic N) is 3. The van der Waals surface area contributed by atoms with Crippen LogP contribution < -0.4 is 20.4 Å². The summed E-state index contributed by atoms with van der Waals surface area (Å²) in [7, 11) is -1.33. The van der Waals surface area contributed by atoms with Crippen molar-refractivity contribution >= 4 is 57.6 Å². The molecule has 3 aliphatic rings. The Morgan fingerprint density at radius 1 is 0.983 bits per heavy atom. The average molecular weight is 841 g/mol. The zero-order valence-corrected chi connectivity index (χ0v) is 36.4. The molecule has 1 amide bonds. The van der Waals surface area contributed by atoms with E-state index in [0.29, 0.717) is 50.7 Å². The van der Waals surface area contributed by atoms with Crippen molar-refractivity contribution in [2.45, 2.75) is 90.8 Å². The minimum absolute atomic E-state index is 0.00603. The molecule has 2 aromatic carbocycles. The molecule has 1 N–H and O–H groups in total. The Bertz CT molecular complexity index is 1950. The Morgan fingerprint density at radius 3 is 2.16 bits per heavy atom. The Morgan fingerprint density at radius 2 is 1.60 bits per heavy atom. The number of methoxy groups -OCH3 is 1. The highest BCUT2D eigenvalue weighted by molar-refractivity contribution is 7.65. The van der Waals surface area contributed by atoms with E-state index in [1.807, 2.05) is 58.6 Å². The van der Waals surface area contributed by atoms with E-state index in [0.717, 1.165) is 37.6 Å². The highest BCUT2D eigenvalue weighted by Crippen LogP contribution is 2.70. The molecule has 0 radical (unpaired) electrons. The minimum Gasteiger partial charge on any atom is -0.492 e. The number of anilines is 2. The van der Waals surface area contributed by atoms with Gasteiger partial charge in [0.1, 0.15) is 16.7 Å². The van der Waals surface area contributed by atoms with Gasteiger partial charge in [-0.2, -0.15) is 0 Å². The van der Waals surface area contributed by atoms with Gasteiger partial charge in [0, 0.05) is 37.0 Å². The summed E-state index contributed by atoms with van der Waals surface area (Å²) in [6, 6.07) is 8.30. The van der Waals surface area contributed by atoms with Crippen molar-refractivity contribution in [2.75, 3.05) is 63.5 Å². The molecule has 2 saturated heterocycles. The first-order valence-electron chi connectivity index (χ1n) is 20.4. The summed E-state index contributed by atoms with van der Waals surface area (Å²) in [6.07, 6.45) is 5.85. The summed E-state index contributed by atoms with van der Waals surface area (Å²) in [5, 5.41) is 12.2. The largest absolute Gasteiger partial charge is 0.492 e. The maximum Gasteiger partial charge on any atom is 0.344 e. The molecular formula is C41H56BFN4O9P2. The van der Waals surface area contributed by atoms with Crippen molar-refractivity contribution in [3.63, 3.8) is 0 Å². The van der Waals surface area contributed by atoms with Gasteiger partial charge in [0.05, 0.1) is 44.4 Å². The van der Waals surface area contributed by atoms with Crippen LogP contribution >= 0.6 is 16.8 Å². The van der Waals surface area contributed by atoms with E-state index in [1.165, 1.54) is 19.4 Å². The first-order valence-corrected chi connectivity index (χ1v) is 22.9. The van der Waals surface area contributed by atoms with Gasteiger partial charge in [-0.3, -0.25) is 9.59 Å². The number of benzene rings is 2. The van der Waals surface area contributed by atoms with E-state index >= 15 is 4.39 Å². The van der Waals surface area contributed by atoms with Gasteiger partial charge in [-0.05, 0) is 82.5 Å². The topological polar surface area (TPSA) is 151 Å². The lowest BCUT2D eigenvalue weighted by Gasteiger charge is -2.31. The molecule has 1 saturated carbocycles. The number of pyridine rings is 1. The number of aromatic nitrogens is 1. The van der Waals surface area contributed by atoms with Gasteiger partial charge in [-0.15, -0.1) is 0 Å². The monoisotopic (exact) mass is 840 g/mol. The van der Waals surface area contributed by atoms with Crippen LogP contribution in [0.2, 0.25) is 12.1 Å². The number of carbonyl (C=O) groups excluding carboxylic acids is 2. The molecule has 1 aliphatic carbocycles. The van der Waals surface area contributed by atoms with E-state index in [2.05, 4.69) is 11.3 Å². The number of halogens is 1. The van der Waals surface area contributed by atoms with Crippen LogP contribution in [0.15, 0.2) is 41.3 Å². The third-order valence-corrected chi connectivity index (χ3v) is 15.0. The molecule has 17 heteroatoms. The molecule has 3 aromatic rings. The molecule has 1 aromatic heterocycles. The zero-order chi connectivity index (χ0) is 41.9. The first kappa shape index (κ1) is 45.5. The minimum atomic E-state index is -1.39. The van der Waals surface area contributed by atoms with Crippen LogP contribution in [0, 0.1) is 23.0 Å². The maximum absolute atomic E-state index is 16.2. The molecular weight excluding hydrogens is 784 g/mol. The van der Waals surface area contributed by atoms with E-state index in [4.69, 9.17) is 27.6 Å². The summed E-state index contributed by atoms with van der Waals surface area (Å²) < 4.78 is 53.2.